The van der Waals surface area contributed by atoms with Crippen molar-refractivity contribution >= 4 is 22.1 Å². The second kappa shape index (κ2) is 15.7. The lowest BCUT2D eigenvalue weighted by atomic mass is 10.0. The third kappa shape index (κ3) is 8.24. The minimum absolute atomic E-state index is 0.931. The van der Waals surface area contributed by atoms with Gasteiger partial charge in [-0.2, -0.15) is 0 Å². The van der Waals surface area contributed by atoms with E-state index in [9.17, 15) is 0 Å². The number of aryl methyl sites for hydroxylation is 2. The molecule has 7 rings (SSSR count). The van der Waals surface area contributed by atoms with E-state index in [1.807, 2.05) is 18.5 Å². The van der Waals surface area contributed by atoms with Crippen molar-refractivity contribution in [3.05, 3.63) is 145 Å². The predicted octanol–water partition coefficient (Wildman–Crippen LogP) is 9.22. The first-order valence-corrected chi connectivity index (χ1v) is 17.6. The highest BCUT2D eigenvalue weighted by Crippen LogP contribution is 2.23. The monoisotopic (exact) mass is 634 g/mol. The topological polar surface area (TPSA) is 38.7 Å². The average Bonchev–Trinajstić information content (AvgIpc) is 3.83. The quantitative estimate of drug-likeness (QED) is 0.107. The van der Waals surface area contributed by atoms with E-state index in [0.29, 0.717) is 0 Å². The Balaban J connectivity index is 0.751. The summed E-state index contributed by atoms with van der Waals surface area (Å²) >= 11 is 0. The van der Waals surface area contributed by atoms with Gasteiger partial charge in [-0.3, -0.25) is 9.97 Å². The van der Waals surface area contributed by atoms with E-state index in [0.717, 1.165) is 56.0 Å². The molecule has 0 aliphatic carbocycles. The zero-order valence-corrected chi connectivity index (χ0v) is 27.9. The Morgan fingerprint density at radius 3 is 1.71 bits per heavy atom. The van der Waals surface area contributed by atoms with Gasteiger partial charge in [0, 0.05) is 67.0 Å². The number of hydrogen-bond donors (Lipinski definition) is 0. The number of para-hydroxylation sites is 1. The van der Waals surface area contributed by atoms with Crippen LogP contribution in [0.1, 0.15) is 49.7 Å². The molecule has 2 aromatic heterocycles. The van der Waals surface area contributed by atoms with E-state index in [2.05, 4.69) is 140 Å². The van der Waals surface area contributed by atoms with Crippen molar-refractivity contribution in [3.8, 4) is 11.4 Å². The molecule has 0 saturated carbocycles. The van der Waals surface area contributed by atoms with Crippen LogP contribution in [0.25, 0.3) is 22.2 Å². The highest BCUT2D eigenvalue weighted by atomic mass is 15.3. The van der Waals surface area contributed by atoms with Gasteiger partial charge in [-0.1, -0.05) is 73.5 Å². The molecule has 0 atom stereocenters. The summed E-state index contributed by atoms with van der Waals surface area (Å²) in [7, 11) is 0. The molecule has 0 bridgehead atoms. The van der Waals surface area contributed by atoms with Crippen LogP contribution in [-0.4, -0.2) is 46.2 Å². The number of hydrogen-bond acceptors (Lipinski definition) is 6. The van der Waals surface area contributed by atoms with E-state index in [1.165, 1.54) is 66.4 Å². The van der Waals surface area contributed by atoms with Crippen LogP contribution in [0.4, 0.5) is 11.4 Å². The van der Waals surface area contributed by atoms with Gasteiger partial charge >= 0.3 is 0 Å². The van der Waals surface area contributed by atoms with Crippen molar-refractivity contribution in [1.29, 1.82) is 0 Å². The van der Waals surface area contributed by atoms with Crippen molar-refractivity contribution < 1.29 is 0 Å². The Kier molecular flexibility index (Phi) is 10.3. The number of pyridine rings is 2. The molecule has 0 fully saturated rings. The predicted molar refractivity (Wildman–Crippen MR) is 199 cm³/mol. The molecule has 0 radical (unpaired) electrons. The van der Waals surface area contributed by atoms with Gasteiger partial charge in [-0.15, -0.1) is 0 Å². The molecule has 244 valence electrons. The molecule has 0 N–H and O–H groups in total. The summed E-state index contributed by atoms with van der Waals surface area (Å²) < 4.78 is 0. The second-order valence-corrected chi connectivity index (χ2v) is 13.0. The number of unbranched alkanes of at least 4 members (excludes halogenated alkanes) is 4. The van der Waals surface area contributed by atoms with Gasteiger partial charge in [0.2, 0.25) is 0 Å². The van der Waals surface area contributed by atoms with Crippen LogP contribution in [0.15, 0.2) is 134 Å². The van der Waals surface area contributed by atoms with E-state index in [1.54, 1.807) is 0 Å². The third-order valence-electron chi connectivity index (χ3n) is 9.48. The molecule has 4 heterocycles. The molecule has 5 aromatic rings. The molecule has 3 aromatic carbocycles. The Morgan fingerprint density at radius 1 is 0.458 bits per heavy atom. The molecule has 48 heavy (non-hydrogen) atoms. The van der Waals surface area contributed by atoms with Crippen molar-refractivity contribution in [1.82, 2.24) is 19.8 Å². The summed E-state index contributed by atoms with van der Waals surface area (Å²) in [5.41, 5.74) is 7.14. The maximum Gasteiger partial charge on any atom is 0.0941 e. The van der Waals surface area contributed by atoms with E-state index < -0.39 is 0 Å². The van der Waals surface area contributed by atoms with Gasteiger partial charge in [0.1, 0.15) is 0 Å². The highest BCUT2D eigenvalue weighted by molar-refractivity contribution is 5.84. The largest absolute Gasteiger partial charge is 0.358 e. The molecular formula is C42H46N6. The van der Waals surface area contributed by atoms with Crippen LogP contribution in [-0.2, 0) is 12.8 Å². The number of aromatic nitrogens is 2. The fourth-order valence-electron chi connectivity index (χ4n) is 6.62. The zero-order valence-electron chi connectivity index (χ0n) is 27.9. The normalized spacial score (nSPS) is 14.2. The Morgan fingerprint density at radius 2 is 1.04 bits per heavy atom. The van der Waals surface area contributed by atoms with Crippen LogP contribution in [0.2, 0.25) is 0 Å². The van der Waals surface area contributed by atoms with Gasteiger partial charge in [0.25, 0.3) is 0 Å². The molecule has 6 heteroatoms. The smallest absolute Gasteiger partial charge is 0.0941 e. The van der Waals surface area contributed by atoms with Crippen LogP contribution in [0.5, 0.6) is 0 Å². The van der Waals surface area contributed by atoms with Gasteiger partial charge in [-0.05, 0) is 91.4 Å². The summed E-state index contributed by atoms with van der Waals surface area (Å²) in [4.78, 5) is 18.8. The lowest BCUT2D eigenvalue weighted by Crippen LogP contribution is -2.27. The first-order chi connectivity index (χ1) is 23.8. The lowest BCUT2D eigenvalue weighted by Gasteiger charge is -2.23. The standard InChI is InChI=1S/C42H46N6/c1(2-5-13-36-20-23-41(43-31-36)42-30-37-14-8-9-15-38(37)32-44-42)4-12-35-18-21-40(22-19-35)48-29-27-46(34-48)25-11-10-24-45-26-28-47(33-45)39-16-6-3-7-17-39/h3,6-9,14-23,26-32H,1-2,4-5,10-13,24-25,33-34H2. The van der Waals surface area contributed by atoms with Crippen LogP contribution < -0.4 is 9.80 Å². The Labute approximate surface area is 285 Å². The zero-order chi connectivity index (χ0) is 32.4. The van der Waals surface area contributed by atoms with Crippen LogP contribution >= 0.6 is 0 Å². The number of nitrogens with zero attached hydrogens (tertiary/aromatic N) is 6. The minimum atomic E-state index is 0.931. The second-order valence-electron chi connectivity index (χ2n) is 13.0. The average molecular weight is 635 g/mol. The number of anilines is 2. The summed E-state index contributed by atoms with van der Waals surface area (Å²) in [6.45, 7) is 4.06. The number of benzene rings is 3. The fourth-order valence-corrected chi connectivity index (χ4v) is 6.62. The van der Waals surface area contributed by atoms with Crippen molar-refractivity contribution in [3.63, 3.8) is 0 Å². The highest BCUT2D eigenvalue weighted by Gasteiger charge is 2.15. The Hall–Kier alpha value is -5.10. The summed E-state index contributed by atoms with van der Waals surface area (Å²) in [6, 6.07) is 34.6. The van der Waals surface area contributed by atoms with E-state index >= 15 is 0 Å². The maximum atomic E-state index is 4.71. The fraction of sp³-hybridized carbons (Fsp3) is 0.286. The summed E-state index contributed by atoms with van der Waals surface area (Å²) in [5, 5.41) is 2.36. The molecular weight excluding hydrogens is 589 g/mol. The van der Waals surface area contributed by atoms with Gasteiger partial charge < -0.3 is 19.6 Å². The van der Waals surface area contributed by atoms with Gasteiger partial charge in [0.05, 0.1) is 24.7 Å². The van der Waals surface area contributed by atoms with Crippen molar-refractivity contribution in [2.75, 3.05) is 36.2 Å². The van der Waals surface area contributed by atoms with Gasteiger partial charge in [-0.25, -0.2) is 0 Å². The minimum Gasteiger partial charge on any atom is -0.358 e. The SMILES string of the molecule is C1=CN(c2ccccc2)CN1CCCCN1C=CN(c2ccc(CCCCCCc3ccc(-c4cc5ccccc5cn4)nc3)cc2)C1. The Bertz CT molecular complexity index is 1800. The molecule has 0 spiro atoms. The molecule has 0 saturated heterocycles. The first-order valence-electron chi connectivity index (χ1n) is 17.6. The molecule has 0 unspecified atom stereocenters. The lowest BCUT2D eigenvalue weighted by molar-refractivity contribution is 0.354. The summed E-state index contributed by atoms with van der Waals surface area (Å²) in [5.74, 6) is 0. The molecule has 2 aliphatic rings. The molecule has 0 amide bonds. The number of rotatable bonds is 15. The van der Waals surface area contributed by atoms with Crippen molar-refractivity contribution in [2.24, 2.45) is 0 Å². The van der Waals surface area contributed by atoms with Crippen LogP contribution in [0.3, 0.4) is 0 Å². The van der Waals surface area contributed by atoms with Gasteiger partial charge in [0.15, 0.2) is 0 Å². The van der Waals surface area contributed by atoms with Crippen LogP contribution in [0, 0.1) is 0 Å². The third-order valence-corrected chi connectivity index (χ3v) is 9.48. The molecule has 6 nitrogen and oxygen atoms in total. The van der Waals surface area contributed by atoms with E-state index in [4.69, 9.17) is 4.98 Å². The first kappa shape index (κ1) is 31.5. The number of fused-ring (bicyclic) bond motifs is 1. The van der Waals surface area contributed by atoms with Crippen molar-refractivity contribution in [2.45, 2.75) is 51.4 Å². The van der Waals surface area contributed by atoms with E-state index in [-0.39, 0.29) is 0 Å². The maximum absolute atomic E-state index is 4.71. The molecule has 2 aliphatic heterocycles. The summed E-state index contributed by atoms with van der Waals surface area (Å²) in [6.07, 6.45) is 22.4.